The van der Waals surface area contributed by atoms with Gasteiger partial charge in [0.05, 0.1) is 5.56 Å². The van der Waals surface area contributed by atoms with Gasteiger partial charge in [0.1, 0.15) is 19.4 Å². The summed E-state index contributed by atoms with van der Waals surface area (Å²) < 4.78 is 11.4. The quantitative estimate of drug-likeness (QED) is 0.745. The molecule has 2 heterocycles. The summed E-state index contributed by atoms with van der Waals surface area (Å²) >= 11 is 0. The van der Waals surface area contributed by atoms with E-state index in [1.54, 1.807) is 4.90 Å². The maximum absolute atomic E-state index is 13.3. The highest BCUT2D eigenvalue weighted by Crippen LogP contribution is 2.39. The summed E-state index contributed by atoms with van der Waals surface area (Å²) in [6.07, 6.45) is -0.342. The maximum atomic E-state index is 13.3. The van der Waals surface area contributed by atoms with Crippen LogP contribution in [-0.4, -0.2) is 19.1 Å². The number of ether oxygens (including phenoxy) is 2. The molecule has 0 saturated heterocycles. The molecule has 0 radical (unpaired) electrons. The summed E-state index contributed by atoms with van der Waals surface area (Å²) in [5.41, 5.74) is 3.26. The molecule has 5 nitrogen and oxygen atoms in total. The zero-order chi connectivity index (χ0) is 18.2. The number of carbonyl (C=O) groups excluding carboxylic acids is 1. The molecule has 2 aliphatic heterocycles. The van der Waals surface area contributed by atoms with E-state index in [-0.39, 0.29) is 12.1 Å². The highest BCUT2D eigenvalue weighted by molar-refractivity contribution is 6.12. The number of carbonyl (C=O) groups is 1. The third-order valence-corrected chi connectivity index (χ3v) is 4.84. The molecule has 2 aliphatic rings. The molecule has 1 amide bonds. The predicted octanol–water partition coefficient (Wildman–Crippen LogP) is 4.23. The van der Waals surface area contributed by atoms with Gasteiger partial charge in [-0.2, -0.15) is 0 Å². The van der Waals surface area contributed by atoms with Crippen molar-refractivity contribution in [1.29, 1.82) is 0 Å². The Morgan fingerprint density at radius 3 is 2.44 bits per heavy atom. The van der Waals surface area contributed by atoms with E-state index in [9.17, 15) is 4.79 Å². The van der Waals surface area contributed by atoms with Gasteiger partial charge in [-0.15, -0.1) is 0 Å². The molecule has 1 unspecified atom stereocenters. The van der Waals surface area contributed by atoms with Crippen molar-refractivity contribution in [2.75, 3.05) is 23.4 Å². The van der Waals surface area contributed by atoms with Gasteiger partial charge in [-0.25, -0.2) is 0 Å². The summed E-state index contributed by atoms with van der Waals surface area (Å²) in [7, 11) is 0. The molecule has 0 spiro atoms. The average Bonchev–Trinajstić information content (AvgIpc) is 2.74. The lowest BCUT2D eigenvalue weighted by Gasteiger charge is -2.38. The molecule has 3 aromatic rings. The van der Waals surface area contributed by atoms with E-state index in [0.29, 0.717) is 24.5 Å². The van der Waals surface area contributed by atoms with Gasteiger partial charge in [-0.1, -0.05) is 36.4 Å². The number of fused-ring (bicyclic) bond motifs is 2. The van der Waals surface area contributed by atoms with Crippen molar-refractivity contribution in [3.05, 3.63) is 83.9 Å². The van der Waals surface area contributed by atoms with Gasteiger partial charge in [0.2, 0.25) is 0 Å². The first kappa shape index (κ1) is 15.8. The second kappa shape index (κ2) is 6.36. The lowest BCUT2D eigenvalue weighted by molar-refractivity contribution is 0.0974. The lowest BCUT2D eigenvalue weighted by atomic mass is 10.0. The van der Waals surface area contributed by atoms with Gasteiger partial charge in [-0.05, 0) is 42.0 Å². The minimum Gasteiger partial charge on any atom is -0.486 e. The Balaban J connectivity index is 1.63. The monoisotopic (exact) mass is 358 g/mol. The number of hydrogen-bond donors (Lipinski definition) is 1. The van der Waals surface area contributed by atoms with E-state index >= 15 is 0 Å². The van der Waals surface area contributed by atoms with Crippen LogP contribution in [0.3, 0.4) is 0 Å². The minimum absolute atomic E-state index is 0.0320. The summed E-state index contributed by atoms with van der Waals surface area (Å²) in [5, 5.41) is 3.51. The largest absolute Gasteiger partial charge is 0.486 e. The zero-order valence-electron chi connectivity index (χ0n) is 14.6. The van der Waals surface area contributed by atoms with Crippen molar-refractivity contribution >= 4 is 17.3 Å². The van der Waals surface area contributed by atoms with Crippen molar-refractivity contribution < 1.29 is 14.3 Å². The minimum atomic E-state index is -0.342. The number of hydrogen-bond acceptors (Lipinski definition) is 4. The number of nitrogens with zero attached hydrogens (tertiary/aromatic N) is 1. The fraction of sp³-hybridized carbons (Fsp3) is 0.136. The Labute approximate surface area is 157 Å². The van der Waals surface area contributed by atoms with Crippen LogP contribution in [0, 0.1) is 0 Å². The van der Waals surface area contributed by atoms with Crippen LogP contribution in [0.25, 0.3) is 0 Å². The normalized spacial score (nSPS) is 17.9. The smallest absolute Gasteiger partial charge is 0.262 e. The number of anilines is 2. The third kappa shape index (κ3) is 2.68. The van der Waals surface area contributed by atoms with E-state index in [1.165, 1.54) is 0 Å². The molecule has 5 rings (SSSR count). The first-order valence-corrected chi connectivity index (χ1v) is 8.95. The molecule has 5 heteroatoms. The van der Waals surface area contributed by atoms with Crippen molar-refractivity contribution in [2.45, 2.75) is 6.17 Å². The van der Waals surface area contributed by atoms with Gasteiger partial charge in [-0.3, -0.25) is 9.69 Å². The Kier molecular flexibility index (Phi) is 3.71. The van der Waals surface area contributed by atoms with Crippen molar-refractivity contribution in [2.24, 2.45) is 0 Å². The molecule has 0 aliphatic carbocycles. The Bertz CT molecular complexity index is 1000. The van der Waals surface area contributed by atoms with E-state index in [4.69, 9.17) is 9.47 Å². The van der Waals surface area contributed by atoms with Crippen LogP contribution < -0.4 is 19.7 Å². The molecule has 1 atom stereocenters. The Morgan fingerprint density at radius 2 is 1.59 bits per heavy atom. The summed E-state index contributed by atoms with van der Waals surface area (Å²) in [4.78, 5) is 15.1. The second-order valence-corrected chi connectivity index (χ2v) is 6.51. The molecular formula is C22H18N2O3. The first-order valence-electron chi connectivity index (χ1n) is 8.95. The highest BCUT2D eigenvalue weighted by atomic mass is 16.6. The molecule has 0 saturated carbocycles. The Morgan fingerprint density at radius 1 is 0.852 bits per heavy atom. The molecule has 0 fully saturated rings. The molecule has 0 bridgehead atoms. The topological polar surface area (TPSA) is 50.8 Å². The number of rotatable bonds is 2. The van der Waals surface area contributed by atoms with Gasteiger partial charge in [0, 0.05) is 11.4 Å². The number of nitrogens with one attached hydrogen (secondary N) is 1. The molecule has 1 N–H and O–H groups in total. The summed E-state index contributed by atoms with van der Waals surface area (Å²) in [5.74, 6) is 1.41. The number of benzene rings is 3. The van der Waals surface area contributed by atoms with Gasteiger partial charge >= 0.3 is 0 Å². The first-order chi connectivity index (χ1) is 13.3. The van der Waals surface area contributed by atoms with Crippen LogP contribution in [0.5, 0.6) is 11.5 Å². The molecule has 27 heavy (non-hydrogen) atoms. The van der Waals surface area contributed by atoms with Gasteiger partial charge in [0.25, 0.3) is 5.91 Å². The summed E-state index contributed by atoms with van der Waals surface area (Å²) in [6, 6.07) is 23.1. The molecule has 0 aromatic heterocycles. The van der Waals surface area contributed by atoms with E-state index in [1.807, 2.05) is 72.8 Å². The van der Waals surface area contributed by atoms with Crippen LogP contribution in [0.4, 0.5) is 11.4 Å². The van der Waals surface area contributed by atoms with Crippen LogP contribution in [0.2, 0.25) is 0 Å². The van der Waals surface area contributed by atoms with Crippen LogP contribution in [-0.2, 0) is 0 Å². The maximum Gasteiger partial charge on any atom is 0.262 e. The van der Waals surface area contributed by atoms with E-state index in [0.717, 1.165) is 22.7 Å². The standard InChI is InChI=1S/C22H18N2O3/c25-22-17-8-4-5-9-18(17)23-21(24(22)16-6-2-1-3-7-16)15-10-11-19-20(14-15)27-13-12-26-19/h1-11,14,21,23H,12-13H2. The zero-order valence-corrected chi connectivity index (χ0v) is 14.6. The van der Waals surface area contributed by atoms with Crippen molar-refractivity contribution in [1.82, 2.24) is 0 Å². The Hall–Kier alpha value is -3.47. The molecule has 3 aromatic carbocycles. The SMILES string of the molecule is O=C1c2ccccc2NC(c2ccc3c(c2)OCCO3)N1c1ccccc1. The fourth-order valence-corrected chi connectivity index (χ4v) is 3.57. The van der Waals surface area contributed by atoms with Crippen molar-refractivity contribution in [3.63, 3.8) is 0 Å². The van der Waals surface area contributed by atoms with Crippen LogP contribution >= 0.6 is 0 Å². The lowest BCUT2D eigenvalue weighted by Crippen LogP contribution is -2.43. The highest BCUT2D eigenvalue weighted by Gasteiger charge is 2.34. The fourth-order valence-electron chi connectivity index (χ4n) is 3.57. The average molecular weight is 358 g/mol. The number of amides is 1. The van der Waals surface area contributed by atoms with Gasteiger partial charge < -0.3 is 14.8 Å². The number of para-hydroxylation sites is 2. The van der Waals surface area contributed by atoms with Gasteiger partial charge in [0.15, 0.2) is 11.5 Å². The van der Waals surface area contributed by atoms with Crippen LogP contribution in [0.1, 0.15) is 22.1 Å². The third-order valence-electron chi connectivity index (χ3n) is 4.84. The van der Waals surface area contributed by atoms with E-state index in [2.05, 4.69) is 5.32 Å². The van der Waals surface area contributed by atoms with Crippen LogP contribution in [0.15, 0.2) is 72.8 Å². The van der Waals surface area contributed by atoms with E-state index < -0.39 is 0 Å². The van der Waals surface area contributed by atoms with Crippen molar-refractivity contribution in [3.8, 4) is 11.5 Å². The predicted molar refractivity (Wildman–Crippen MR) is 103 cm³/mol. The second-order valence-electron chi connectivity index (χ2n) is 6.51. The molecule has 134 valence electrons. The summed E-state index contributed by atoms with van der Waals surface area (Å²) in [6.45, 7) is 1.08. The molecular weight excluding hydrogens is 340 g/mol.